The van der Waals surface area contributed by atoms with Gasteiger partial charge in [0.05, 0.1) is 12.7 Å². The summed E-state index contributed by atoms with van der Waals surface area (Å²) in [7, 11) is 1.58. The number of nitrogens with zero attached hydrogens (tertiary/aromatic N) is 1. The van der Waals surface area contributed by atoms with E-state index in [1.165, 1.54) is 0 Å². The molecule has 0 bridgehead atoms. The predicted molar refractivity (Wildman–Crippen MR) is 108 cm³/mol. The van der Waals surface area contributed by atoms with Crippen LogP contribution in [-0.4, -0.2) is 26.1 Å². The standard InChI is InChI=1S/C20H25BrN2O2/c1-6-23(7-2)16-8-9-18(13(3)11-16)22-20(24)17-12-15(21)10-14(4)19(17)25-5/h8-12H,6-7H2,1-5H3,(H,22,24). The Labute approximate surface area is 158 Å². The molecular formula is C20H25BrN2O2. The predicted octanol–water partition coefficient (Wildman–Crippen LogP) is 5.17. The average Bonchev–Trinajstić information content (AvgIpc) is 2.57. The molecule has 0 aliphatic rings. The van der Waals surface area contributed by atoms with Gasteiger partial charge in [-0.15, -0.1) is 0 Å². The van der Waals surface area contributed by atoms with E-state index in [-0.39, 0.29) is 5.91 Å². The van der Waals surface area contributed by atoms with Crippen LogP contribution in [0, 0.1) is 13.8 Å². The molecule has 0 radical (unpaired) electrons. The third kappa shape index (κ3) is 4.34. The van der Waals surface area contributed by atoms with Crippen LogP contribution in [0.1, 0.15) is 35.3 Å². The van der Waals surface area contributed by atoms with E-state index in [0.29, 0.717) is 11.3 Å². The molecule has 0 aromatic heterocycles. The van der Waals surface area contributed by atoms with E-state index < -0.39 is 0 Å². The minimum absolute atomic E-state index is 0.181. The Bertz CT molecular complexity index is 771. The lowest BCUT2D eigenvalue weighted by atomic mass is 10.1. The van der Waals surface area contributed by atoms with Crippen molar-refractivity contribution in [1.29, 1.82) is 0 Å². The van der Waals surface area contributed by atoms with Crippen molar-refractivity contribution in [1.82, 2.24) is 0 Å². The first kappa shape index (κ1) is 19.3. The van der Waals surface area contributed by atoms with Gasteiger partial charge in [-0.2, -0.15) is 0 Å². The van der Waals surface area contributed by atoms with Crippen LogP contribution in [0.25, 0.3) is 0 Å². The molecule has 0 saturated carbocycles. The second-order valence-corrected chi connectivity index (χ2v) is 6.84. The van der Waals surface area contributed by atoms with Crippen LogP contribution in [-0.2, 0) is 0 Å². The Morgan fingerprint density at radius 3 is 2.36 bits per heavy atom. The summed E-state index contributed by atoms with van der Waals surface area (Å²) < 4.78 is 6.26. The lowest BCUT2D eigenvalue weighted by molar-refractivity contribution is 0.102. The van der Waals surface area contributed by atoms with E-state index in [0.717, 1.165) is 40.1 Å². The number of halogens is 1. The largest absolute Gasteiger partial charge is 0.496 e. The number of methoxy groups -OCH3 is 1. The van der Waals surface area contributed by atoms with E-state index in [1.807, 2.05) is 32.0 Å². The summed E-state index contributed by atoms with van der Waals surface area (Å²) in [4.78, 5) is 15.0. The Morgan fingerprint density at radius 1 is 1.12 bits per heavy atom. The van der Waals surface area contributed by atoms with Crippen molar-refractivity contribution in [3.63, 3.8) is 0 Å². The highest BCUT2D eigenvalue weighted by atomic mass is 79.9. The molecule has 0 fully saturated rings. The zero-order chi connectivity index (χ0) is 18.6. The van der Waals surface area contributed by atoms with Crippen molar-refractivity contribution in [2.24, 2.45) is 0 Å². The number of hydrogen-bond acceptors (Lipinski definition) is 3. The Morgan fingerprint density at radius 2 is 1.80 bits per heavy atom. The molecule has 4 nitrogen and oxygen atoms in total. The topological polar surface area (TPSA) is 41.6 Å². The normalized spacial score (nSPS) is 10.5. The molecule has 2 rings (SSSR count). The minimum Gasteiger partial charge on any atom is -0.496 e. The molecule has 5 heteroatoms. The molecule has 0 heterocycles. The summed E-state index contributed by atoms with van der Waals surface area (Å²) in [5.74, 6) is 0.415. The minimum atomic E-state index is -0.181. The first-order valence-corrected chi connectivity index (χ1v) is 9.21. The molecule has 2 aromatic carbocycles. The SMILES string of the molecule is CCN(CC)c1ccc(NC(=O)c2cc(Br)cc(C)c2OC)c(C)c1. The highest BCUT2D eigenvalue weighted by Gasteiger charge is 2.17. The molecule has 0 saturated heterocycles. The van der Waals surface area contributed by atoms with Gasteiger partial charge in [-0.25, -0.2) is 0 Å². The second kappa shape index (κ2) is 8.39. The van der Waals surface area contributed by atoms with E-state index in [2.05, 4.69) is 46.1 Å². The number of amides is 1. The second-order valence-electron chi connectivity index (χ2n) is 5.93. The van der Waals surface area contributed by atoms with Crippen LogP contribution < -0.4 is 15.0 Å². The number of benzene rings is 2. The first-order chi connectivity index (χ1) is 11.9. The van der Waals surface area contributed by atoms with Crippen molar-refractivity contribution in [2.45, 2.75) is 27.7 Å². The molecule has 0 atom stereocenters. The molecule has 0 aliphatic heterocycles. The number of ether oxygens (including phenoxy) is 1. The Hall–Kier alpha value is -2.01. The van der Waals surface area contributed by atoms with E-state index in [4.69, 9.17) is 4.74 Å². The van der Waals surface area contributed by atoms with Crippen LogP contribution in [0.5, 0.6) is 5.75 Å². The maximum Gasteiger partial charge on any atom is 0.259 e. The number of aryl methyl sites for hydroxylation is 2. The number of carbonyl (C=O) groups excluding carboxylic acids is 1. The van der Waals surface area contributed by atoms with Gasteiger partial charge in [0, 0.05) is 28.9 Å². The third-order valence-electron chi connectivity index (χ3n) is 4.27. The number of hydrogen-bond donors (Lipinski definition) is 1. The quantitative estimate of drug-likeness (QED) is 0.721. The first-order valence-electron chi connectivity index (χ1n) is 8.42. The highest BCUT2D eigenvalue weighted by molar-refractivity contribution is 9.10. The molecule has 25 heavy (non-hydrogen) atoms. The van der Waals surface area contributed by atoms with Gasteiger partial charge in [-0.1, -0.05) is 15.9 Å². The molecule has 0 aliphatic carbocycles. The fourth-order valence-corrected chi connectivity index (χ4v) is 3.51. The summed E-state index contributed by atoms with van der Waals surface area (Å²) in [6.45, 7) is 10.1. The third-order valence-corrected chi connectivity index (χ3v) is 4.73. The number of carbonyl (C=O) groups is 1. The van der Waals surface area contributed by atoms with Crippen LogP contribution in [0.2, 0.25) is 0 Å². The number of nitrogens with one attached hydrogen (secondary N) is 1. The highest BCUT2D eigenvalue weighted by Crippen LogP contribution is 2.29. The molecule has 134 valence electrons. The lowest BCUT2D eigenvalue weighted by Crippen LogP contribution is -2.22. The smallest absolute Gasteiger partial charge is 0.259 e. The molecular weight excluding hydrogens is 380 g/mol. The van der Waals surface area contributed by atoms with Crippen molar-refractivity contribution < 1.29 is 9.53 Å². The monoisotopic (exact) mass is 404 g/mol. The molecule has 0 unspecified atom stereocenters. The van der Waals surface area contributed by atoms with E-state index in [9.17, 15) is 4.79 Å². The molecule has 1 amide bonds. The number of rotatable bonds is 6. The van der Waals surface area contributed by atoms with Gasteiger partial charge in [-0.3, -0.25) is 4.79 Å². The van der Waals surface area contributed by atoms with Gasteiger partial charge < -0.3 is 15.0 Å². The zero-order valence-electron chi connectivity index (χ0n) is 15.4. The summed E-state index contributed by atoms with van der Waals surface area (Å²) in [6, 6.07) is 9.81. The molecule has 1 N–H and O–H groups in total. The summed E-state index contributed by atoms with van der Waals surface area (Å²) in [6.07, 6.45) is 0. The molecule has 2 aromatic rings. The molecule has 0 spiro atoms. The van der Waals surface area contributed by atoms with Crippen LogP contribution in [0.3, 0.4) is 0 Å². The van der Waals surface area contributed by atoms with Crippen molar-refractivity contribution in [2.75, 3.05) is 30.4 Å². The fraction of sp³-hybridized carbons (Fsp3) is 0.350. The van der Waals surface area contributed by atoms with Gasteiger partial charge in [0.1, 0.15) is 5.75 Å². The van der Waals surface area contributed by atoms with Crippen molar-refractivity contribution in [3.8, 4) is 5.75 Å². The Balaban J connectivity index is 2.30. The van der Waals surface area contributed by atoms with E-state index in [1.54, 1.807) is 13.2 Å². The van der Waals surface area contributed by atoms with Crippen molar-refractivity contribution in [3.05, 3.63) is 51.5 Å². The van der Waals surface area contributed by atoms with Gasteiger partial charge in [0.15, 0.2) is 0 Å². The lowest BCUT2D eigenvalue weighted by Gasteiger charge is -2.22. The zero-order valence-corrected chi connectivity index (χ0v) is 17.0. The van der Waals surface area contributed by atoms with Gasteiger partial charge in [0.25, 0.3) is 5.91 Å². The number of anilines is 2. The summed E-state index contributed by atoms with van der Waals surface area (Å²) >= 11 is 3.44. The van der Waals surface area contributed by atoms with Crippen LogP contribution in [0.15, 0.2) is 34.8 Å². The average molecular weight is 405 g/mol. The fourth-order valence-electron chi connectivity index (χ4n) is 2.93. The van der Waals surface area contributed by atoms with Gasteiger partial charge >= 0.3 is 0 Å². The van der Waals surface area contributed by atoms with Crippen LogP contribution >= 0.6 is 15.9 Å². The van der Waals surface area contributed by atoms with Gasteiger partial charge in [0.2, 0.25) is 0 Å². The maximum atomic E-state index is 12.8. The van der Waals surface area contributed by atoms with Gasteiger partial charge in [-0.05, 0) is 69.2 Å². The maximum absolute atomic E-state index is 12.8. The summed E-state index contributed by atoms with van der Waals surface area (Å²) in [5, 5.41) is 3.00. The van der Waals surface area contributed by atoms with Crippen LogP contribution in [0.4, 0.5) is 11.4 Å². The van der Waals surface area contributed by atoms with E-state index >= 15 is 0 Å². The summed E-state index contributed by atoms with van der Waals surface area (Å²) in [5.41, 5.74) is 4.43. The van der Waals surface area contributed by atoms with Crippen molar-refractivity contribution >= 4 is 33.2 Å². The Kier molecular flexibility index (Phi) is 6.48.